The van der Waals surface area contributed by atoms with Crippen LogP contribution in [0.2, 0.25) is 0 Å². The van der Waals surface area contributed by atoms with Crippen molar-refractivity contribution in [3.05, 3.63) is 0 Å². The van der Waals surface area contributed by atoms with Crippen LogP contribution in [0.15, 0.2) is 0 Å². The van der Waals surface area contributed by atoms with E-state index in [4.69, 9.17) is 4.74 Å². The third-order valence-electron chi connectivity index (χ3n) is 3.99. The van der Waals surface area contributed by atoms with Crippen molar-refractivity contribution in [3.8, 4) is 0 Å². The molecule has 0 aliphatic carbocycles. The number of nitrogens with zero attached hydrogens (tertiary/aromatic N) is 3. The summed E-state index contributed by atoms with van der Waals surface area (Å²) in [6.45, 7) is 10.3. The van der Waals surface area contributed by atoms with E-state index in [1.165, 1.54) is 0 Å². The first kappa shape index (κ1) is 17.7. The fraction of sp³-hybridized carbons (Fsp3) is 0.812. The third-order valence-corrected chi connectivity index (χ3v) is 3.99. The molecule has 0 radical (unpaired) electrons. The summed E-state index contributed by atoms with van der Waals surface area (Å²) >= 11 is 0. The van der Waals surface area contributed by atoms with Crippen LogP contribution in [0.25, 0.3) is 0 Å². The maximum Gasteiger partial charge on any atom is 0.410 e. The number of Topliss-reactive ketones (excluding diaryl/α,β-unsaturated/α-hetero) is 1. The Morgan fingerprint density at radius 3 is 2.26 bits per heavy atom. The fourth-order valence-electron chi connectivity index (χ4n) is 2.81. The Bertz CT molecular complexity index is 464. The minimum absolute atomic E-state index is 0.0148. The van der Waals surface area contributed by atoms with E-state index >= 15 is 0 Å². The highest BCUT2D eigenvalue weighted by atomic mass is 16.6. The lowest BCUT2D eigenvalue weighted by molar-refractivity contribution is -0.128. The summed E-state index contributed by atoms with van der Waals surface area (Å²) in [7, 11) is 0. The molecular formula is C16H27N3O4. The molecular weight excluding hydrogens is 298 g/mol. The smallest absolute Gasteiger partial charge is 0.410 e. The maximum absolute atomic E-state index is 12.0. The van der Waals surface area contributed by atoms with Crippen molar-refractivity contribution in [3.63, 3.8) is 0 Å². The van der Waals surface area contributed by atoms with Gasteiger partial charge in [-0.3, -0.25) is 14.5 Å². The second-order valence-corrected chi connectivity index (χ2v) is 7.19. The minimum Gasteiger partial charge on any atom is -0.444 e. The SMILES string of the molecule is CC(C)(C)OC(=O)N1CCN(CCCN2CC(=O)CC2=O)CC1. The molecule has 0 bridgehead atoms. The molecule has 0 N–H and O–H groups in total. The molecule has 0 saturated carbocycles. The predicted octanol–water partition coefficient (Wildman–Crippen LogP) is 0.731. The van der Waals surface area contributed by atoms with Crippen LogP contribution in [0.5, 0.6) is 0 Å². The van der Waals surface area contributed by atoms with Gasteiger partial charge in [0.1, 0.15) is 5.60 Å². The maximum atomic E-state index is 12.0. The topological polar surface area (TPSA) is 70.2 Å². The molecule has 0 spiro atoms. The molecule has 23 heavy (non-hydrogen) atoms. The van der Waals surface area contributed by atoms with Gasteiger partial charge < -0.3 is 14.5 Å². The largest absolute Gasteiger partial charge is 0.444 e. The Morgan fingerprint density at radius 2 is 1.74 bits per heavy atom. The van der Waals surface area contributed by atoms with Crippen molar-refractivity contribution in [1.82, 2.24) is 14.7 Å². The molecule has 2 saturated heterocycles. The average Bonchev–Trinajstić information content (AvgIpc) is 2.76. The van der Waals surface area contributed by atoms with Gasteiger partial charge in [-0.25, -0.2) is 4.79 Å². The lowest BCUT2D eigenvalue weighted by atomic mass is 10.2. The van der Waals surface area contributed by atoms with Crippen molar-refractivity contribution in [1.29, 1.82) is 0 Å². The summed E-state index contributed by atoms with van der Waals surface area (Å²) in [5.74, 6) is -0.0364. The van der Waals surface area contributed by atoms with Crippen molar-refractivity contribution in [2.45, 2.75) is 39.2 Å². The van der Waals surface area contributed by atoms with Crippen LogP contribution >= 0.6 is 0 Å². The lowest BCUT2D eigenvalue weighted by Crippen LogP contribution is -2.50. The number of ether oxygens (including phenoxy) is 1. The quantitative estimate of drug-likeness (QED) is 0.713. The Labute approximate surface area is 137 Å². The monoisotopic (exact) mass is 325 g/mol. The van der Waals surface area contributed by atoms with Gasteiger partial charge in [0.25, 0.3) is 0 Å². The highest BCUT2D eigenvalue weighted by Gasteiger charge is 2.28. The van der Waals surface area contributed by atoms with Crippen LogP contribution in [-0.4, -0.2) is 83.9 Å². The summed E-state index contributed by atoms with van der Waals surface area (Å²) in [4.78, 5) is 40.4. The highest BCUT2D eigenvalue weighted by molar-refractivity contribution is 6.05. The van der Waals surface area contributed by atoms with Crippen LogP contribution in [0, 0.1) is 0 Å². The molecule has 2 aliphatic rings. The van der Waals surface area contributed by atoms with Crippen LogP contribution in [0.4, 0.5) is 4.79 Å². The van der Waals surface area contributed by atoms with E-state index < -0.39 is 5.60 Å². The third kappa shape index (κ3) is 5.49. The second kappa shape index (κ2) is 7.29. The summed E-state index contributed by atoms with van der Waals surface area (Å²) < 4.78 is 5.38. The van der Waals surface area contributed by atoms with Gasteiger partial charge in [-0.05, 0) is 33.7 Å². The first-order valence-corrected chi connectivity index (χ1v) is 8.24. The molecule has 0 unspecified atom stereocenters. The number of ketones is 1. The van der Waals surface area contributed by atoms with E-state index in [2.05, 4.69) is 4.90 Å². The van der Waals surface area contributed by atoms with E-state index in [-0.39, 0.29) is 30.7 Å². The molecule has 2 fully saturated rings. The molecule has 130 valence electrons. The van der Waals surface area contributed by atoms with Crippen LogP contribution in [0.3, 0.4) is 0 Å². The van der Waals surface area contributed by atoms with E-state index in [1.54, 1.807) is 9.80 Å². The highest BCUT2D eigenvalue weighted by Crippen LogP contribution is 2.12. The van der Waals surface area contributed by atoms with Crippen molar-refractivity contribution >= 4 is 17.8 Å². The molecule has 7 heteroatoms. The van der Waals surface area contributed by atoms with Gasteiger partial charge >= 0.3 is 6.09 Å². The van der Waals surface area contributed by atoms with Crippen LogP contribution in [-0.2, 0) is 14.3 Å². The summed E-state index contributed by atoms with van der Waals surface area (Å²) in [6, 6.07) is 0. The van der Waals surface area contributed by atoms with Crippen molar-refractivity contribution in [2.75, 3.05) is 45.8 Å². The van der Waals surface area contributed by atoms with Gasteiger partial charge in [0, 0.05) is 32.7 Å². The molecule has 2 aliphatic heterocycles. The number of hydrogen-bond donors (Lipinski definition) is 0. The Morgan fingerprint density at radius 1 is 1.09 bits per heavy atom. The number of hydrogen-bond acceptors (Lipinski definition) is 5. The van der Waals surface area contributed by atoms with Crippen LogP contribution < -0.4 is 0 Å². The zero-order valence-electron chi connectivity index (χ0n) is 14.3. The van der Waals surface area contributed by atoms with Crippen LogP contribution in [0.1, 0.15) is 33.6 Å². The van der Waals surface area contributed by atoms with E-state index in [1.807, 2.05) is 20.8 Å². The van der Waals surface area contributed by atoms with Gasteiger partial charge in [-0.15, -0.1) is 0 Å². The summed E-state index contributed by atoms with van der Waals surface area (Å²) in [5.41, 5.74) is -0.464. The van der Waals surface area contributed by atoms with E-state index in [0.717, 1.165) is 26.1 Å². The molecule has 0 aromatic rings. The lowest BCUT2D eigenvalue weighted by Gasteiger charge is -2.35. The Balaban J connectivity index is 1.64. The van der Waals surface area contributed by atoms with Gasteiger partial charge in [0.2, 0.25) is 5.91 Å². The fourth-order valence-corrected chi connectivity index (χ4v) is 2.81. The number of carbonyl (C=O) groups excluding carboxylic acids is 3. The zero-order chi connectivity index (χ0) is 17.0. The summed E-state index contributed by atoms with van der Waals surface area (Å²) in [6.07, 6.45) is 0.665. The Hall–Kier alpha value is -1.63. The number of amides is 2. The predicted molar refractivity (Wildman–Crippen MR) is 85.1 cm³/mol. The molecule has 0 atom stereocenters. The van der Waals surface area contributed by atoms with Crippen molar-refractivity contribution < 1.29 is 19.1 Å². The van der Waals surface area contributed by atoms with Crippen molar-refractivity contribution in [2.24, 2.45) is 0 Å². The molecule has 0 aromatic carbocycles. The minimum atomic E-state index is -0.464. The molecule has 2 rings (SSSR count). The van der Waals surface area contributed by atoms with Gasteiger partial charge in [-0.1, -0.05) is 0 Å². The number of likely N-dealkylation sites (tertiary alicyclic amines) is 1. The molecule has 7 nitrogen and oxygen atoms in total. The number of piperazine rings is 1. The van der Waals surface area contributed by atoms with Gasteiger partial charge in [-0.2, -0.15) is 0 Å². The molecule has 2 heterocycles. The second-order valence-electron chi connectivity index (χ2n) is 7.19. The van der Waals surface area contributed by atoms with Gasteiger partial charge in [0.05, 0.1) is 13.0 Å². The standard InChI is InChI=1S/C16H27N3O4/c1-16(2,3)23-15(22)18-9-7-17(8-10-18)5-4-6-19-12-13(20)11-14(19)21/h4-12H2,1-3H3. The van der Waals surface area contributed by atoms with E-state index in [9.17, 15) is 14.4 Å². The first-order chi connectivity index (χ1) is 10.7. The first-order valence-electron chi connectivity index (χ1n) is 8.24. The Kier molecular flexibility index (Phi) is 5.62. The molecule has 2 amide bonds. The zero-order valence-corrected chi connectivity index (χ0v) is 14.3. The molecule has 0 aromatic heterocycles. The normalized spacial score (nSPS) is 20.3. The average molecular weight is 325 g/mol. The van der Waals surface area contributed by atoms with Gasteiger partial charge in [0.15, 0.2) is 5.78 Å². The summed E-state index contributed by atoms with van der Waals surface area (Å²) in [5, 5.41) is 0. The number of rotatable bonds is 4. The van der Waals surface area contributed by atoms with E-state index in [0.29, 0.717) is 19.6 Å². The number of carbonyl (C=O) groups is 3.